The van der Waals surface area contributed by atoms with Crippen LogP contribution in [0.15, 0.2) is 63.2 Å². The third-order valence-electron chi connectivity index (χ3n) is 2.17. The Morgan fingerprint density at radius 1 is 0.889 bits per heavy atom. The molecule has 3 nitrogen and oxygen atoms in total. The minimum absolute atomic E-state index is 0.108. The van der Waals surface area contributed by atoms with Crippen LogP contribution in [0.2, 0.25) is 5.02 Å². The van der Waals surface area contributed by atoms with Gasteiger partial charge in [-0.25, -0.2) is 0 Å². The zero-order valence-corrected chi connectivity index (χ0v) is 11.5. The third-order valence-corrected chi connectivity index (χ3v) is 4.31. The van der Waals surface area contributed by atoms with Crippen LogP contribution >= 0.6 is 23.4 Å². The van der Waals surface area contributed by atoms with E-state index in [0.717, 1.165) is 9.79 Å². The molecule has 0 aliphatic rings. The molecule has 0 fully saturated rings. The summed E-state index contributed by atoms with van der Waals surface area (Å²) in [5.74, 6) is 0. The average molecular weight is 301 g/mol. The van der Waals surface area contributed by atoms with E-state index in [4.69, 9.17) is 16.2 Å². The van der Waals surface area contributed by atoms with Crippen LogP contribution in [-0.2, 0) is 10.1 Å². The first-order valence-electron chi connectivity index (χ1n) is 4.96. The van der Waals surface area contributed by atoms with Gasteiger partial charge in [0.25, 0.3) is 10.1 Å². The highest BCUT2D eigenvalue weighted by molar-refractivity contribution is 7.99. The van der Waals surface area contributed by atoms with Gasteiger partial charge in [0.1, 0.15) is 0 Å². The van der Waals surface area contributed by atoms with Crippen LogP contribution in [0.1, 0.15) is 0 Å². The highest BCUT2D eigenvalue weighted by Gasteiger charge is 2.08. The summed E-state index contributed by atoms with van der Waals surface area (Å²) in [5.41, 5.74) is 0. The number of benzene rings is 2. The van der Waals surface area contributed by atoms with E-state index in [-0.39, 0.29) is 4.90 Å². The van der Waals surface area contributed by atoms with Crippen LogP contribution in [0.5, 0.6) is 0 Å². The molecular formula is C12H9ClO3S2. The molecule has 0 aromatic heterocycles. The fourth-order valence-corrected chi connectivity index (χ4v) is 2.74. The van der Waals surface area contributed by atoms with Crippen LogP contribution in [0.4, 0.5) is 0 Å². The second kappa shape index (κ2) is 5.32. The minimum Gasteiger partial charge on any atom is -0.282 e. The summed E-state index contributed by atoms with van der Waals surface area (Å²) >= 11 is 7.26. The van der Waals surface area contributed by atoms with E-state index in [1.54, 1.807) is 24.3 Å². The zero-order chi connectivity index (χ0) is 13.2. The average Bonchev–Trinajstić information content (AvgIpc) is 2.32. The lowest BCUT2D eigenvalue weighted by molar-refractivity contribution is 0.483. The molecule has 2 aromatic rings. The van der Waals surface area contributed by atoms with E-state index < -0.39 is 10.1 Å². The van der Waals surface area contributed by atoms with Crippen molar-refractivity contribution in [2.45, 2.75) is 14.7 Å². The van der Waals surface area contributed by atoms with Crippen LogP contribution in [0.25, 0.3) is 0 Å². The van der Waals surface area contributed by atoms with Crippen LogP contribution in [0.3, 0.4) is 0 Å². The van der Waals surface area contributed by atoms with Crippen molar-refractivity contribution in [2.24, 2.45) is 0 Å². The Balaban J connectivity index is 2.18. The van der Waals surface area contributed by atoms with E-state index in [1.165, 1.54) is 23.9 Å². The van der Waals surface area contributed by atoms with Crippen molar-refractivity contribution in [2.75, 3.05) is 0 Å². The molecule has 0 aliphatic carbocycles. The Bertz CT molecular complexity index is 634. The molecule has 94 valence electrons. The molecule has 2 aromatic carbocycles. The summed E-state index contributed by atoms with van der Waals surface area (Å²) in [6, 6.07) is 13.4. The van der Waals surface area contributed by atoms with Crippen molar-refractivity contribution in [3.8, 4) is 0 Å². The standard InChI is InChI=1S/C12H9ClO3S2/c13-9-1-3-10(4-2-9)17-11-5-7-12(8-6-11)18(14,15)16/h1-8H,(H,14,15,16). The Labute approximate surface area is 115 Å². The van der Waals surface area contributed by atoms with Crippen LogP contribution in [0, 0.1) is 0 Å². The lowest BCUT2D eigenvalue weighted by Crippen LogP contribution is -1.96. The predicted octanol–water partition coefficient (Wildman–Crippen LogP) is 3.74. The predicted molar refractivity (Wildman–Crippen MR) is 71.8 cm³/mol. The topological polar surface area (TPSA) is 54.4 Å². The summed E-state index contributed by atoms with van der Waals surface area (Å²) < 4.78 is 30.6. The van der Waals surface area contributed by atoms with Crippen molar-refractivity contribution in [1.29, 1.82) is 0 Å². The quantitative estimate of drug-likeness (QED) is 0.877. The largest absolute Gasteiger partial charge is 0.294 e. The van der Waals surface area contributed by atoms with E-state index in [2.05, 4.69) is 0 Å². The van der Waals surface area contributed by atoms with Gasteiger partial charge in [-0.2, -0.15) is 8.42 Å². The van der Waals surface area contributed by atoms with Crippen LogP contribution in [-0.4, -0.2) is 13.0 Å². The molecule has 0 saturated heterocycles. The van der Waals surface area contributed by atoms with E-state index in [0.29, 0.717) is 5.02 Å². The number of hydrogen-bond donors (Lipinski definition) is 1. The van der Waals surface area contributed by atoms with Crippen molar-refractivity contribution in [3.05, 3.63) is 53.6 Å². The summed E-state index contributed by atoms with van der Waals surface area (Å²) in [7, 11) is -4.12. The molecule has 18 heavy (non-hydrogen) atoms. The first-order chi connectivity index (χ1) is 8.45. The summed E-state index contributed by atoms with van der Waals surface area (Å²) in [6.45, 7) is 0. The molecule has 0 radical (unpaired) electrons. The van der Waals surface area contributed by atoms with Crippen molar-refractivity contribution in [3.63, 3.8) is 0 Å². The molecule has 0 heterocycles. The lowest BCUT2D eigenvalue weighted by atomic mass is 10.4. The Morgan fingerprint density at radius 2 is 1.33 bits per heavy atom. The first kappa shape index (κ1) is 13.4. The van der Waals surface area contributed by atoms with E-state index >= 15 is 0 Å². The fourth-order valence-electron chi connectivity index (χ4n) is 1.32. The van der Waals surface area contributed by atoms with Gasteiger partial charge in [-0.15, -0.1) is 0 Å². The number of halogens is 1. The van der Waals surface area contributed by atoms with Gasteiger partial charge in [0.2, 0.25) is 0 Å². The smallest absolute Gasteiger partial charge is 0.282 e. The molecule has 0 amide bonds. The van der Waals surface area contributed by atoms with E-state index in [1.807, 2.05) is 12.1 Å². The normalized spacial score (nSPS) is 11.4. The maximum atomic E-state index is 10.9. The molecule has 0 unspecified atom stereocenters. The van der Waals surface area contributed by atoms with Crippen LogP contribution < -0.4 is 0 Å². The molecule has 0 aliphatic heterocycles. The van der Waals surface area contributed by atoms with Crippen molar-refractivity contribution >= 4 is 33.5 Å². The van der Waals surface area contributed by atoms with Gasteiger partial charge in [-0.3, -0.25) is 4.55 Å². The fraction of sp³-hybridized carbons (Fsp3) is 0. The zero-order valence-electron chi connectivity index (χ0n) is 9.08. The molecule has 0 spiro atoms. The van der Waals surface area contributed by atoms with Crippen molar-refractivity contribution in [1.82, 2.24) is 0 Å². The van der Waals surface area contributed by atoms with Crippen molar-refractivity contribution < 1.29 is 13.0 Å². The second-order valence-electron chi connectivity index (χ2n) is 3.50. The van der Waals surface area contributed by atoms with Gasteiger partial charge in [-0.05, 0) is 48.5 Å². The maximum Gasteiger partial charge on any atom is 0.294 e. The molecule has 6 heteroatoms. The highest BCUT2D eigenvalue weighted by atomic mass is 35.5. The molecular weight excluding hydrogens is 292 g/mol. The molecule has 2 rings (SSSR count). The first-order valence-corrected chi connectivity index (χ1v) is 7.59. The van der Waals surface area contributed by atoms with Gasteiger partial charge in [0.15, 0.2) is 0 Å². The minimum atomic E-state index is -4.12. The molecule has 0 saturated carbocycles. The number of rotatable bonds is 3. The van der Waals surface area contributed by atoms with Gasteiger partial charge in [-0.1, -0.05) is 23.4 Å². The monoisotopic (exact) mass is 300 g/mol. The van der Waals surface area contributed by atoms with Gasteiger partial charge >= 0.3 is 0 Å². The molecule has 1 N–H and O–H groups in total. The maximum absolute atomic E-state index is 10.9. The summed E-state index contributed by atoms with van der Waals surface area (Å²) in [5, 5.41) is 0.668. The SMILES string of the molecule is O=S(=O)(O)c1ccc(Sc2ccc(Cl)cc2)cc1. The van der Waals surface area contributed by atoms with Gasteiger partial charge in [0, 0.05) is 14.8 Å². The highest BCUT2D eigenvalue weighted by Crippen LogP contribution is 2.29. The summed E-state index contributed by atoms with van der Waals surface area (Å²) in [6.07, 6.45) is 0. The Morgan fingerprint density at radius 3 is 1.78 bits per heavy atom. The Hall–Kier alpha value is -1.01. The number of hydrogen-bond acceptors (Lipinski definition) is 3. The van der Waals surface area contributed by atoms with E-state index in [9.17, 15) is 8.42 Å². The molecule has 0 bridgehead atoms. The Kier molecular flexibility index (Phi) is 3.97. The van der Waals surface area contributed by atoms with Gasteiger partial charge in [0.05, 0.1) is 4.90 Å². The van der Waals surface area contributed by atoms with Gasteiger partial charge < -0.3 is 0 Å². The lowest BCUT2D eigenvalue weighted by Gasteiger charge is -2.02. The third kappa shape index (κ3) is 3.49. The molecule has 0 atom stereocenters. The summed E-state index contributed by atoms with van der Waals surface area (Å²) in [4.78, 5) is 1.77. The second-order valence-corrected chi connectivity index (χ2v) is 6.51.